The predicted molar refractivity (Wildman–Crippen MR) is 86.9 cm³/mol. The summed E-state index contributed by atoms with van der Waals surface area (Å²) in [5.41, 5.74) is 2.56. The van der Waals surface area contributed by atoms with E-state index in [2.05, 4.69) is 9.88 Å². The number of aromatic nitrogens is 1. The molecule has 0 radical (unpaired) electrons. The fourth-order valence-electron chi connectivity index (χ4n) is 3.36. The summed E-state index contributed by atoms with van der Waals surface area (Å²) >= 11 is 0. The van der Waals surface area contributed by atoms with Gasteiger partial charge in [-0.05, 0) is 57.8 Å². The molecule has 1 aliphatic rings. The van der Waals surface area contributed by atoms with Crippen molar-refractivity contribution in [2.45, 2.75) is 20.3 Å². The van der Waals surface area contributed by atoms with Crippen LogP contribution < -0.4 is 0 Å². The van der Waals surface area contributed by atoms with Gasteiger partial charge >= 0.3 is 0 Å². The molecule has 0 saturated carbocycles. The molecule has 0 aromatic carbocycles. The van der Waals surface area contributed by atoms with Crippen molar-refractivity contribution in [3.05, 3.63) is 29.1 Å². The first kappa shape index (κ1) is 16.9. The summed E-state index contributed by atoms with van der Waals surface area (Å²) in [4.78, 5) is 21.1. The van der Waals surface area contributed by atoms with Crippen molar-refractivity contribution in [2.24, 2.45) is 11.8 Å². The first-order valence-electron chi connectivity index (χ1n) is 7.88. The first-order valence-corrected chi connectivity index (χ1v) is 7.88. The second kappa shape index (κ2) is 7.20. The molecule has 22 heavy (non-hydrogen) atoms. The van der Waals surface area contributed by atoms with Crippen LogP contribution in [-0.2, 0) is 0 Å². The van der Waals surface area contributed by atoms with Gasteiger partial charge in [0.15, 0.2) is 0 Å². The zero-order valence-electron chi connectivity index (χ0n) is 14.0. The molecule has 1 aromatic rings. The van der Waals surface area contributed by atoms with Gasteiger partial charge in [-0.25, -0.2) is 0 Å². The molecular weight excluding hydrogens is 278 g/mol. The number of hydrogen-bond donors (Lipinski definition) is 1. The number of likely N-dealkylation sites (tertiary alicyclic amines) is 1. The standard InChI is InChI=1S/C17H27N3O2/c1-12-5-13(2)18-7-16(12)17(22)20-9-14(8-19(3)4)6-15(10-20)11-21/h5,7,14-15,21H,6,8-11H2,1-4H3/t14-,15-/m1/s1. The van der Waals surface area contributed by atoms with Gasteiger partial charge in [-0.3, -0.25) is 9.78 Å². The number of aliphatic hydroxyl groups is 1. The van der Waals surface area contributed by atoms with Crippen LogP contribution in [0.2, 0.25) is 0 Å². The van der Waals surface area contributed by atoms with Crippen LogP contribution in [-0.4, -0.2) is 66.1 Å². The molecule has 2 rings (SSSR count). The Labute approximate surface area is 132 Å². The maximum atomic E-state index is 12.8. The van der Waals surface area contributed by atoms with Crippen molar-refractivity contribution in [1.29, 1.82) is 0 Å². The highest BCUT2D eigenvalue weighted by Gasteiger charge is 2.31. The predicted octanol–water partition coefficient (Wildman–Crippen LogP) is 1.33. The van der Waals surface area contributed by atoms with Crippen LogP contribution >= 0.6 is 0 Å². The normalized spacial score (nSPS) is 22.2. The maximum Gasteiger partial charge on any atom is 0.255 e. The number of hydrogen-bond acceptors (Lipinski definition) is 4. The molecule has 1 N–H and O–H groups in total. The summed E-state index contributed by atoms with van der Waals surface area (Å²) in [6.45, 7) is 6.33. The van der Waals surface area contributed by atoms with Gasteiger partial charge < -0.3 is 14.9 Å². The Bertz CT molecular complexity index is 531. The molecular formula is C17H27N3O2. The Hall–Kier alpha value is -1.46. The average Bonchev–Trinajstić information content (AvgIpc) is 2.45. The first-order chi connectivity index (χ1) is 10.4. The number of amides is 1. The number of rotatable bonds is 4. The van der Waals surface area contributed by atoms with E-state index in [0.29, 0.717) is 18.0 Å². The summed E-state index contributed by atoms with van der Waals surface area (Å²) in [6.07, 6.45) is 2.65. The topological polar surface area (TPSA) is 56.7 Å². The van der Waals surface area contributed by atoms with E-state index in [4.69, 9.17) is 0 Å². The van der Waals surface area contributed by atoms with E-state index >= 15 is 0 Å². The SMILES string of the molecule is Cc1cc(C)c(C(=O)N2C[C@H](CO)C[C@H](CN(C)C)C2)cn1. The average molecular weight is 305 g/mol. The molecule has 2 atom stereocenters. The zero-order chi connectivity index (χ0) is 16.3. The van der Waals surface area contributed by atoms with Crippen LogP contribution in [0.15, 0.2) is 12.3 Å². The van der Waals surface area contributed by atoms with Crippen molar-refractivity contribution >= 4 is 5.91 Å². The van der Waals surface area contributed by atoms with Gasteiger partial charge in [-0.15, -0.1) is 0 Å². The van der Waals surface area contributed by atoms with Crippen LogP contribution in [0.1, 0.15) is 28.0 Å². The lowest BCUT2D eigenvalue weighted by atomic mass is 9.89. The quantitative estimate of drug-likeness (QED) is 0.912. The van der Waals surface area contributed by atoms with Gasteiger partial charge in [0.25, 0.3) is 5.91 Å². The highest BCUT2D eigenvalue weighted by Crippen LogP contribution is 2.24. The number of pyridine rings is 1. The summed E-state index contributed by atoms with van der Waals surface area (Å²) in [7, 11) is 4.09. The van der Waals surface area contributed by atoms with E-state index < -0.39 is 0 Å². The lowest BCUT2D eigenvalue weighted by Gasteiger charge is -2.38. The Morgan fingerprint density at radius 2 is 2.05 bits per heavy atom. The molecule has 1 aliphatic heterocycles. The molecule has 0 unspecified atom stereocenters. The Kier molecular flexibility index (Phi) is 5.53. The molecule has 5 heteroatoms. The van der Waals surface area contributed by atoms with Crippen molar-refractivity contribution in [2.75, 3.05) is 40.3 Å². The van der Waals surface area contributed by atoms with E-state index in [1.807, 2.05) is 38.9 Å². The van der Waals surface area contributed by atoms with Gasteiger partial charge in [0.1, 0.15) is 0 Å². The summed E-state index contributed by atoms with van der Waals surface area (Å²) in [6, 6.07) is 1.94. The number of aryl methyl sites for hydroxylation is 2. The Morgan fingerprint density at radius 3 is 2.64 bits per heavy atom. The van der Waals surface area contributed by atoms with Gasteiger partial charge in [-0.1, -0.05) is 0 Å². The molecule has 0 spiro atoms. The van der Waals surface area contributed by atoms with Gasteiger partial charge in [0.05, 0.1) is 5.56 Å². The second-order valence-corrected chi connectivity index (χ2v) is 6.76. The zero-order valence-corrected chi connectivity index (χ0v) is 14.0. The van der Waals surface area contributed by atoms with E-state index in [1.54, 1.807) is 6.20 Å². The molecule has 1 amide bonds. The third kappa shape index (κ3) is 4.05. The summed E-state index contributed by atoms with van der Waals surface area (Å²) in [5, 5.41) is 9.54. The number of nitrogens with zero attached hydrogens (tertiary/aromatic N) is 3. The number of piperidine rings is 1. The maximum absolute atomic E-state index is 12.8. The monoisotopic (exact) mass is 305 g/mol. The minimum Gasteiger partial charge on any atom is -0.396 e. The van der Waals surface area contributed by atoms with Crippen molar-refractivity contribution in [3.63, 3.8) is 0 Å². The van der Waals surface area contributed by atoms with Crippen molar-refractivity contribution < 1.29 is 9.90 Å². The van der Waals surface area contributed by atoms with Crippen LogP contribution in [0.5, 0.6) is 0 Å². The third-order valence-corrected chi connectivity index (χ3v) is 4.27. The minimum atomic E-state index is 0.0342. The fraction of sp³-hybridized carbons (Fsp3) is 0.647. The molecule has 1 aromatic heterocycles. The Balaban J connectivity index is 2.16. The smallest absolute Gasteiger partial charge is 0.255 e. The number of carbonyl (C=O) groups is 1. The minimum absolute atomic E-state index is 0.0342. The van der Waals surface area contributed by atoms with Crippen LogP contribution in [0.25, 0.3) is 0 Å². The molecule has 122 valence electrons. The molecule has 2 heterocycles. The van der Waals surface area contributed by atoms with Crippen LogP contribution in [0.4, 0.5) is 0 Å². The van der Waals surface area contributed by atoms with Gasteiger partial charge in [-0.2, -0.15) is 0 Å². The molecule has 5 nitrogen and oxygen atoms in total. The fourth-order valence-corrected chi connectivity index (χ4v) is 3.36. The Morgan fingerprint density at radius 1 is 1.36 bits per heavy atom. The van der Waals surface area contributed by atoms with Gasteiger partial charge in [0, 0.05) is 38.1 Å². The lowest BCUT2D eigenvalue weighted by molar-refractivity contribution is 0.0476. The van der Waals surface area contributed by atoms with Crippen LogP contribution in [0.3, 0.4) is 0 Å². The van der Waals surface area contributed by atoms with Crippen molar-refractivity contribution in [1.82, 2.24) is 14.8 Å². The third-order valence-electron chi connectivity index (χ3n) is 4.27. The molecule has 0 bridgehead atoms. The highest BCUT2D eigenvalue weighted by molar-refractivity contribution is 5.95. The largest absolute Gasteiger partial charge is 0.396 e. The van der Waals surface area contributed by atoms with E-state index in [-0.39, 0.29) is 18.4 Å². The summed E-state index contributed by atoms with van der Waals surface area (Å²) in [5.74, 6) is 0.608. The van der Waals surface area contributed by atoms with E-state index in [9.17, 15) is 9.90 Å². The molecule has 1 fully saturated rings. The molecule has 1 saturated heterocycles. The lowest BCUT2D eigenvalue weighted by Crippen LogP contribution is -2.47. The number of aliphatic hydroxyl groups excluding tert-OH is 1. The highest BCUT2D eigenvalue weighted by atomic mass is 16.3. The molecule has 0 aliphatic carbocycles. The van der Waals surface area contributed by atoms with E-state index in [1.165, 1.54) is 0 Å². The second-order valence-electron chi connectivity index (χ2n) is 6.76. The van der Waals surface area contributed by atoms with E-state index in [0.717, 1.165) is 30.8 Å². The van der Waals surface area contributed by atoms with Crippen molar-refractivity contribution in [3.8, 4) is 0 Å². The summed E-state index contributed by atoms with van der Waals surface area (Å²) < 4.78 is 0. The van der Waals surface area contributed by atoms with Gasteiger partial charge in [0.2, 0.25) is 0 Å². The number of carbonyl (C=O) groups excluding carboxylic acids is 1. The van der Waals surface area contributed by atoms with Crippen LogP contribution in [0, 0.1) is 25.7 Å².